The highest BCUT2D eigenvalue weighted by Crippen LogP contribution is 2.33. The Bertz CT molecular complexity index is 550. The number of rotatable bonds is 2. The number of amides is 1. The van der Waals surface area contributed by atoms with Crippen LogP contribution in [0.2, 0.25) is 0 Å². The third-order valence-electron chi connectivity index (χ3n) is 4.14. The molecule has 0 saturated heterocycles. The number of hydrazone groups is 1. The molecule has 1 unspecified atom stereocenters. The van der Waals surface area contributed by atoms with Gasteiger partial charge >= 0.3 is 0 Å². The summed E-state index contributed by atoms with van der Waals surface area (Å²) in [4.78, 5) is 11.9. The van der Waals surface area contributed by atoms with E-state index in [0.717, 1.165) is 18.4 Å². The summed E-state index contributed by atoms with van der Waals surface area (Å²) < 4.78 is 7.22. The van der Waals surface area contributed by atoms with Gasteiger partial charge in [0.05, 0.1) is 0 Å². The SMILES string of the molecule is CC(=O)N1N=C(c2ccc(I)cc2)OC1C1CCCCC1. The first-order chi connectivity index (χ1) is 10.1. The molecule has 1 aromatic rings. The molecule has 2 aliphatic rings. The molecule has 21 heavy (non-hydrogen) atoms. The summed E-state index contributed by atoms with van der Waals surface area (Å²) in [6.45, 7) is 1.56. The smallest absolute Gasteiger partial charge is 0.242 e. The molecule has 0 bridgehead atoms. The summed E-state index contributed by atoms with van der Waals surface area (Å²) in [7, 11) is 0. The lowest BCUT2D eigenvalue weighted by Gasteiger charge is -2.30. The van der Waals surface area contributed by atoms with Gasteiger partial charge < -0.3 is 4.74 Å². The van der Waals surface area contributed by atoms with E-state index >= 15 is 0 Å². The average Bonchev–Trinajstić information content (AvgIpc) is 2.94. The molecule has 0 spiro atoms. The van der Waals surface area contributed by atoms with E-state index in [9.17, 15) is 4.79 Å². The Hall–Kier alpha value is -1.11. The van der Waals surface area contributed by atoms with Crippen molar-refractivity contribution in [3.8, 4) is 0 Å². The first kappa shape index (κ1) is 14.8. The fourth-order valence-corrected chi connectivity index (χ4v) is 3.39. The van der Waals surface area contributed by atoms with Gasteiger partial charge in [0.25, 0.3) is 0 Å². The molecule has 1 aliphatic carbocycles. The van der Waals surface area contributed by atoms with E-state index in [4.69, 9.17) is 4.74 Å². The van der Waals surface area contributed by atoms with Gasteiger partial charge in [0, 0.05) is 22.0 Å². The topological polar surface area (TPSA) is 41.9 Å². The summed E-state index contributed by atoms with van der Waals surface area (Å²) in [5.74, 6) is 0.913. The van der Waals surface area contributed by atoms with Gasteiger partial charge in [0.15, 0.2) is 6.23 Å². The van der Waals surface area contributed by atoms with Crippen LogP contribution >= 0.6 is 22.6 Å². The Morgan fingerprint density at radius 3 is 2.52 bits per heavy atom. The number of benzene rings is 1. The van der Waals surface area contributed by atoms with E-state index in [0.29, 0.717) is 11.8 Å². The van der Waals surface area contributed by atoms with Crippen molar-refractivity contribution in [2.45, 2.75) is 45.3 Å². The lowest BCUT2D eigenvalue weighted by molar-refractivity contribution is -0.138. The van der Waals surface area contributed by atoms with Gasteiger partial charge in [-0.2, -0.15) is 5.01 Å². The molecule has 3 rings (SSSR count). The van der Waals surface area contributed by atoms with Crippen molar-refractivity contribution in [2.75, 3.05) is 0 Å². The van der Waals surface area contributed by atoms with Gasteiger partial charge in [0.1, 0.15) is 0 Å². The van der Waals surface area contributed by atoms with Crippen molar-refractivity contribution < 1.29 is 9.53 Å². The molecule has 0 N–H and O–H groups in total. The molecule has 1 heterocycles. The lowest BCUT2D eigenvalue weighted by atomic mass is 9.88. The molecule has 1 saturated carbocycles. The second kappa shape index (κ2) is 6.34. The number of hydrogen-bond acceptors (Lipinski definition) is 3. The van der Waals surface area contributed by atoms with Crippen LogP contribution in [-0.4, -0.2) is 23.0 Å². The standard InChI is InChI=1S/C16H19IN2O2/c1-11(20)19-16(13-5-3-2-4-6-13)21-15(18-19)12-7-9-14(17)10-8-12/h7-10,13,16H,2-6H2,1H3. The van der Waals surface area contributed by atoms with Crippen molar-refractivity contribution in [2.24, 2.45) is 11.0 Å². The zero-order chi connectivity index (χ0) is 14.8. The molecule has 112 valence electrons. The van der Waals surface area contributed by atoms with Gasteiger partial charge in [0.2, 0.25) is 11.8 Å². The van der Waals surface area contributed by atoms with Crippen LogP contribution in [0.25, 0.3) is 0 Å². The van der Waals surface area contributed by atoms with E-state index in [2.05, 4.69) is 27.7 Å². The van der Waals surface area contributed by atoms with Crippen LogP contribution in [0.5, 0.6) is 0 Å². The quantitative estimate of drug-likeness (QED) is 0.713. The number of ether oxygens (including phenoxy) is 1. The van der Waals surface area contributed by atoms with E-state index in [1.54, 1.807) is 6.92 Å². The summed E-state index contributed by atoms with van der Waals surface area (Å²) in [5, 5.41) is 5.95. The molecular formula is C16H19IN2O2. The van der Waals surface area contributed by atoms with Crippen LogP contribution < -0.4 is 0 Å². The van der Waals surface area contributed by atoms with Crippen molar-refractivity contribution in [3.63, 3.8) is 0 Å². The van der Waals surface area contributed by atoms with Crippen LogP contribution in [-0.2, 0) is 9.53 Å². The van der Waals surface area contributed by atoms with Gasteiger partial charge in [-0.1, -0.05) is 19.3 Å². The number of nitrogens with zero attached hydrogens (tertiary/aromatic N) is 2. The van der Waals surface area contributed by atoms with Crippen molar-refractivity contribution in [3.05, 3.63) is 33.4 Å². The second-order valence-electron chi connectivity index (χ2n) is 5.68. The Morgan fingerprint density at radius 2 is 1.90 bits per heavy atom. The predicted molar refractivity (Wildman–Crippen MR) is 89.7 cm³/mol. The van der Waals surface area contributed by atoms with Crippen molar-refractivity contribution in [1.29, 1.82) is 0 Å². The molecule has 1 atom stereocenters. The maximum Gasteiger partial charge on any atom is 0.242 e. The van der Waals surface area contributed by atoms with Crippen LogP contribution in [0.1, 0.15) is 44.6 Å². The minimum absolute atomic E-state index is 0.0499. The zero-order valence-corrected chi connectivity index (χ0v) is 14.2. The number of halogens is 1. The van der Waals surface area contributed by atoms with Crippen LogP contribution in [0.3, 0.4) is 0 Å². The first-order valence-corrected chi connectivity index (χ1v) is 8.54. The first-order valence-electron chi connectivity index (χ1n) is 7.46. The van der Waals surface area contributed by atoms with Crippen LogP contribution in [0.15, 0.2) is 29.4 Å². The minimum atomic E-state index is -0.225. The molecule has 1 amide bonds. The molecule has 1 aromatic carbocycles. The number of carbonyl (C=O) groups excluding carboxylic acids is 1. The molecule has 0 radical (unpaired) electrons. The molecule has 5 heteroatoms. The number of hydrogen-bond donors (Lipinski definition) is 0. The summed E-state index contributed by atoms with van der Waals surface area (Å²) in [5.41, 5.74) is 0.931. The van der Waals surface area contributed by atoms with Crippen LogP contribution in [0.4, 0.5) is 0 Å². The highest BCUT2D eigenvalue weighted by Gasteiger charge is 2.38. The van der Waals surface area contributed by atoms with E-state index in [1.165, 1.54) is 27.8 Å². The molecule has 4 nitrogen and oxygen atoms in total. The zero-order valence-electron chi connectivity index (χ0n) is 12.1. The maximum atomic E-state index is 11.9. The van der Waals surface area contributed by atoms with Gasteiger partial charge in [-0.3, -0.25) is 4.79 Å². The summed E-state index contributed by atoms with van der Waals surface area (Å²) in [6, 6.07) is 8.02. The fraction of sp³-hybridized carbons (Fsp3) is 0.500. The maximum absolute atomic E-state index is 11.9. The monoisotopic (exact) mass is 398 g/mol. The van der Waals surface area contributed by atoms with E-state index < -0.39 is 0 Å². The Morgan fingerprint density at radius 1 is 1.24 bits per heavy atom. The summed E-state index contributed by atoms with van der Waals surface area (Å²) in [6.07, 6.45) is 5.73. The highest BCUT2D eigenvalue weighted by molar-refractivity contribution is 14.1. The minimum Gasteiger partial charge on any atom is -0.450 e. The van der Waals surface area contributed by atoms with Crippen molar-refractivity contribution >= 4 is 34.4 Å². The molecular weight excluding hydrogens is 379 g/mol. The largest absolute Gasteiger partial charge is 0.450 e. The second-order valence-corrected chi connectivity index (χ2v) is 6.93. The third-order valence-corrected chi connectivity index (χ3v) is 4.86. The summed E-state index contributed by atoms with van der Waals surface area (Å²) >= 11 is 2.27. The lowest BCUT2D eigenvalue weighted by Crippen LogP contribution is -2.39. The number of carbonyl (C=O) groups is 1. The highest BCUT2D eigenvalue weighted by atomic mass is 127. The molecule has 1 fully saturated rings. The van der Waals surface area contributed by atoms with E-state index in [-0.39, 0.29) is 12.1 Å². The van der Waals surface area contributed by atoms with Crippen molar-refractivity contribution in [1.82, 2.24) is 5.01 Å². The molecule has 1 aliphatic heterocycles. The average molecular weight is 398 g/mol. The third kappa shape index (κ3) is 3.22. The van der Waals surface area contributed by atoms with Gasteiger partial charge in [-0.25, -0.2) is 0 Å². The van der Waals surface area contributed by atoms with E-state index in [1.807, 2.05) is 24.3 Å². The molecule has 0 aromatic heterocycles. The Labute approximate surface area is 138 Å². The predicted octanol–water partition coefficient (Wildman–Crippen LogP) is 3.74. The normalized spacial score (nSPS) is 22.9. The van der Waals surface area contributed by atoms with Crippen LogP contribution in [0, 0.1) is 9.49 Å². The Kier molecular flexibility index (Phi) is 4.47. The van der Waals surface area contributed by atoms with Gasteiger partial charge in [-0.05, 0) is 59.7 Å². The van der Waals surface area contributed by atoms with Gasteiger partial charge in [-0.15, -0.1) is 5.10 Å². The Balaban J connectivity index is 1.82. The fourth-order valence-electron chi connectivity index (χ4n) is 3.03.